The molecule has 3 rings (SSSR count). The number of nitrogens with two attached hydrogens (primary N) is 1. The third-order valence-electron chi connectivity index (χ3n) is 3.78. The maximum absolute atomic E-state index is 6.07. The molecule has 0 aliphatic carbocycles. The lowest BCUT2D eigenvalue weighted by Crippen LogP contribution is -2.16. The second-order valence-electron chi connectivity index (χ2n) is 4.97. The molecule has 0 unspecified atom stereocenters. The zero-order valence-electron chi connectivity index (χ0n) is 11.0. The second kappa shape index (κ2) is 4.89. The molecule has 2 nitrogen and oxygen atoms in total. The summed E-state index contributed by atoms with van der Waals surface area (Å²) in [6.45, 7) is 4.06. The number of nitrogen functional groups attached to an aromatic ring is 1. The zero-order valence-corrected chi connectivity index (χ0v) is 12.6. The molecule has 3 heteroatoms. The number of hydrogen-bond donors (Lipinski definition) is 1. The first-order valence-corrected chi connectivity index (χ1v) is 7.38. The van der Waals surface area contributed by atoms with E-state index in [9.17, 15) is 0 Å². The van der Waals surface area contributed by atoms with Crippen molar-refractivity contribution in [2.45, 2.75) is 26.4 Å². The molecule has 0 spiro atoms. The highest BCUT2D eigenvalue weighted by molar-refractivity contribution is 9.10. The first-order chi connectivity index (χ1) is 9.19. The molecule has 0 atom stereocenters. The fraction of sp³-hybridized carbons (Fsp3) is 0.250. The fourth-order valence-electron chi connectivity index (χ4n) is 2.76. The standard InChI is InChI=1S/C16H17BrN2/c1-2-11-8-13(17)6-7-16(11)19-9-12-4-3-5-15(18)14(12)10-19/h3-8H,2,9-10,18H2,1H3. The molecule has 1 aliphatic heterocycles. The van der Waals surface area contributed by atoms with Crippen LogP contribution in [0.5, 0.6) is 0 Å². The van der Waals surface area contributed by atoms with E-state index < -0.39 is 0 Å². The highest BCUT2D eigenvalue weighted by Gasteiger charge is 2.22. The van der Waals surface area contributed by atoms with E-state index in [4.69, 9.17) is 5.73 Å². The van der Waals surface area contributed by atoms with Gasteiger partial charge in [-0.3, -0.25) is 0 Å². The van der Waals surface area contributed by atoms with E-state index >= 15 is 0 Å². The van der Waals surface area contributed by atoms with Crippen molar-refractivity contribution in [3.05, 3.63) is 57.6 Å². The van der Waals surface area contributed by atoms with Crippen LogP contribution in [0.4, 0.5) is 11.4 Å². The minimum absolute atomic E-state index is 0.912. The molecule has 2 N–H and O–H groups in total. The van der Waals surface area contributed by atoms with Crippen LogP contribution in [0.25, 0.3) is 0 Å². The summed E-state index contributed by atoms with van der Waals surface area (Å²) in [6.07, 6.45) is 1.04. The van der Waals surface area contributed by atoms with E-state index in [1.54, 1.807) is 0 Å². The zero-order chi connectivity index (χ0) is 13.4. The number of anilines is 2. The molecule has 0 bridgehead atoms. The van der Waals surface area contributed by atoms with Crippen molar-refractivity contribution in [3.8, 4) is 0 Å². The van der Waals surface area contributed by atoms with Crippen LogP contribution in [0.3, 0.4) is 0 Å². The maximum atomic E-state index is 6.07. The Morgan fingerprint density at radius 2 is 2.05 bits per heavy atom. The molecule has 0 amide bonds. The Hall–Kier alpha value is -1.48. The van der Waals surface area contributed by atoms with Crippen molar-refractivity contribution < 1.29 is 0 Å². The molecule has 0 aromatic heterocycles. The highest BCUT2D eigenvalue weighted by atomic mass is 79.9. The molecule has 0 saturated heterocycles. The molecule has 1 aliphatic rings. The maximum Gasteiger partial charge on any atom is 0.0457 e. The normalized spacial score (nSPS) is 13.7. The number of rotatable bonds is 2. The van der Waals surface area contributed by atoms with Gasteiger partial charge in [0.25, 0.3) is 0 Å². The van der Waals surface area contributed by atoms with Gasteiger partial charge in [-0.2, -0.15) is 0 Å². The first-order valence-electron chi connectivity index (χ1n) is 6.58. The van der Waals surface area contributed by atoms with Crippen molar-refractivity contribution in [1.82, 2.24) is 0 Å². The summed E-state index contributed by atoms with van der Waals surface area (Å²) in [5, 5.41) is 0. The van der Waals surface area contributed by atoms with Gasteiger partial charge in [0, 0.05) is 28.9 Å². The average molecular weight is 317 g/mol. The summed E-state index contributed by atoms with van der Waals surface area (Å²) in [5.74, 6) is 0. The van der Waals surface area contributed by atoms with Crippen LogP contribution in [-0.2, 0) is 19.5 Å². The van der Waals surface area contributed by atoms with Gasteiger partial charge in [0.1, 0.15) is 0 Å². The third kappa shape index (κ3) is 2.23. The van der Waals surface area contributed by atoms with Crippen molar-refractivity contribution in [3.63, 3.8) is 0 Å². The molecule has 2 aromatic rings. The lowest BCUT2D eigenvalue weighted by Gasteiger charge is -2.21. The third-order valence-corrected chi connectivity index (χ3v) is 4.28. The van der Waals surface area contributed by atoms with Crippen LogP contribution < -0.4 is 10.6 Å². The van der Waals surface area contributed by atoms with E-state index in [1.165, 1.54) is 22.4 Å². The topological polar surface area (TPSA) is 29.3 Å². The summed E-state index contributed by atoms with van der Waals surface area (Å²) in [7, 11) is 0. The molecule has 0 saturated carbocycles. The largest absolute Gasteiger partial charge is 0.398 e. The molecule has 1 heterocycles. The van der Waals surface area contributed by atoms with E-state index in [0.717, 1.165) is 29.7 Å². The van der Waals surface area contributed by atoms with Gasteiger partial charge >= 0.3 is 0 Å². The fourth-order valence-corrected chi connectivity index (χ4v) is 3.17. The van der Waals surface area contributed by atoms with Crippen molar-refractivity contribution in [2.75, 3.05) is 10.6 Å². The number of aryl methyl sites for hydroxylation is 1. The lowest BCUT2D eigenvalue weighted by molar-refractivity contribution is 0.868. The molecule has 2 aromatic carbocycles. The van der Waals surface area contributed by atoms with E-state index in [0.29, 0.717) is 0 Å². The van der Waals surface area contributed by atoms with Gasteiger partial charge in [-0.05, 0) is 47.4 Å². The minimum Gasteiger partial charge on any atom is -0.398 e. The summed E-state index contributed by atoms with van der Waals surface area (Å²) in [6, 6.07) is 12.7. The van der Waals surface area contributed by atoms with E-state index in [-0.39, 0.29) is 0 Å². The van der Waals surface area contributed by atoms with Gasteiger partial charge in [-0.1, -0.05) is 35.0 Å². The predicted octanol–water partition coefficient (Wildman–Crippen LogP) is 4.11. The molecule has 98 valence electrons. The van der Waals surface area contributed by atoms with Gasteiger partial charge in [-0.15, -0.1) is 0 Å². The minimum atomic E-state index is 0.912. The van der Waals surface area contributed by atoms with Gasteiger partial charge in [-0.25, -0.2) is 0 Å². The number of fused-ring (bicyclic) bond motifs is 1. The summed E-state index contributed by atoms with van der Waals surface area (Å²) in [5.41, 5.74) is 12.3. The number of benzene rings is 2. The Bertz CT molecular complexity index is 622. The monoisotopic (exact) mass is 316 g/mol. The van der Waals surface area contributed by atoms with Crippen LogP contribution in [0, 0.1) is 0 Å². The second-order valence-corrected chi connectivity index (χ2v) is 5.88. The number of nitrogens with zero attached hydrogens (tertiary/aromatic N) is 1. The van der Waals surface area contributed by atoms with Crippen LogP contribution in [0.15, 0.2) is 40.9 Å². The van der Waals surface area contributed by atoms with Crippen LogP contribution in [-0.4, -0.2) is 0 Å². The van der Waals surface area contributed by atoms with Crippen molar-refractivity contribution >= 4 is 27.3 Å². The van der Waals surface area contributed by atoms with Gasteiger partial charge in [0.2, 0.25) is 0 Å². The molecular weight excluding hydrogens is 300 g/mol. The Morgan fingerprint density at radius 1 is 1.21 bits per heavy atom. The van der Waals surface area contributed by atoms with Crippen LogP contribution in [0.1, 0.15) is 23.6 Å². The Morgan fingerprint density at radius 3 is 2.79 bits per heavy atom. The van der Waals surface area contributed by atoms with Crippen LogP contribution in [0.2, 0.25) is 0 Å². The molecule has 0 fully saturated rings. The lowest BCUT2D eigenvalue weighted by atomic mass is 10.1. The van der Waals surface area contributed by atoms with Crippen LogP contribution >= 0.6 is 15.9 Å². The quantitative estimate of drug-likeness (QED) is 0.845. The predicted molar refractivity (Wildman–Crippen MR) is 84.3 cm³/mol. The highest BCUT2D eigenvalue weighted by Crippen LogP contribution is 2.34. The Labute approximate surface area is 122 Å². The average Bonchev–Trinajstić information content (AvgIpc) is 2.83. The Kier molecular flexibility index (Phi) is 3.23. The summed E-state index contributed by atoms with van der Waals surface area (Å²) >= 11 is 3.55. The van der Waals surface area contributed by atoms with Gasteiger partial charge in [0.15, 0.2) is 0 Å². The summed E-state index contributed by atoms with van der Waals surface area (Å²) < 4.78 is 1.14. The summed E-state index contributed by atoms with van der Waals surface area (Å²) in [4.78, 5) is 2.41. The van der Waals surface area contributed by atoms with E-state index in [2.05, 4.69) is 52.0 Å². The van der Waals surface area contributed by atoms with E-state index in [1.807, 2.05) is 12.1 Å². The first kappa shape index (κ1) is 12.5. The Balaban J connectivity index is 1.97. The SMILES string of the molecule is CCc1cc(Br)ccc1N1Cc2cccc(N)c2C1. The molecule has 0 radical (unpaired) electrons. The van der Waals surface area contributed by atoms with Gasteiger partial charge < -0.3 is 10.6 Å². The molecule has 19 heavy (non-hydrogen) atoms. The molecular formula is C16H17BrN2. The smallest absolute Gasteiger partial charge is 0.0457 e. The van der Waals surface area contributed by atoms with Gasteiger partial charge in [0.05, 0.1) is 0 Å². The van der Waals surface area contributed by atoms with Crippen molar-refractivity contribution in [1.29, 1.82) is 0 Å². The number of hydrogen-bond acceptors (Lipinski definition) is 2. The number of halogens is 1. The van der Waals surface area contributed by atoms with Crippen molar-refractivity contribution in [2.24, 2.45) is 0 Å².